The molecule has 6 heteroatoms. The van der Waals surface area contributed by atoms with Gasteiger partial charge in [-0.25, -0.2) is 0 Å². The Bertz CT molecular complexity index is 570. The Morgan fingerprint density at radius 3 is 2.88 bits per heavy atom. The molecule has 0 aliphatic rings. The fourth-order valence-electron chi connectivity index (χ4n) is 1.23. The van der Waals surface area contributed by atoms with E-state index in [-0.39, 0.29) is 17.2 Å². The van der Waals surface area contributed by atoms with E-state index in [0.29, 0.717) is 5.82 Å². The first-order chi connectivity index (χ1) is 7.66. The molecule has 2 heterocycles. The third kappa shape index (κ3) is 2.00. The SMILES string of the molecule is Cc1cn[nH]c1NC(=O)c1cccc(=O)[nH]1. The van der Waals surface area contributed by atoms with Crippen molar-refractivity contribution in [2.24, 2.45) is 0 Å². The standard InChI is InChI=1S/C10H10N4O2/c1-6-5-11-14-9(6)13-10(16)7-3-2-4-8(15)12-7/h2-5H,1H3,(H,12,15)(H2,11,13,14,16). The number of aryl methyl sites for hydroxylation is 1. The lowest BCUT2D eigenvalue weighted by Gasteiger charge is -2.02. The van der Waals surface area contributed by atoms with Gasteiger partial charge >= 0.3 is 0 Å². The van der Waals surface area contributed by atoms with E-state index in [0.717, 1.165) is 5.56 Å². The van der Waals surface area contributed by atoms with Gasteiger partial charge in [-0.15, -0.1) is 0 Å². The lowest BCUT2D eigenvalue weighted by Crippen LogP contribution is -2.18. The van der Waals surface area contributed by atoms with Crippen LogP contribution in [0.5, 0.6) is 0 Å². The molecule has 0 aromatic carbocycles. The lowest BCUT2D eigenvalue weighted by molar-refractivity contribution is 0.102. The number of aromatic nitrogens is 3. The number of carbonyl (C=O) groups is 1. The van der Waals surface area contributed by atoms with Crippen molar-refractivity contribution in [1.29, 1.82) is 0 Å². The Balaban J connectivity index is 2.21. The van der Waals surface area contributed by atoms with Gasteiger partial charge in [-0.1, -0.05) is 6.07 Å². The number of carbonyl (C=O) groups excluding carboxylic acids is 1. The van der Waals surface area contributed by atoms with Crippen LogP contribution < -0.4 is 10.9 Å². The second kappa shape index (κ2) is 4.01. The third-order valence-corrected chi connectivity index (χ3v) is 2.08. The van der Waals surface area contributed by atoms with E-state index in [1.54, 1.807) is 6.20 Å². The van der Waals surface area contributed by atoms with E-state index in [4.69, 9.17) is 0 Å². The Morgan fingerprint density at radius 2 is 2.25 bits per heavy atom. The number of hydrogen-bond acceptors (Lipinski definition) is 3. The number of rotatable bonds is 2. The van der Waals surface area contributed by atoms with Crippen molar-refractivity contribution in [3.05, 3.63) is 46.0 Å². The molecule has 2 rings (SSSR count). The fourth-order valence-corrected chi connectivity index (χ4v) is 1.23. The molecule has 0 saturated heterocycles. The van der Waals surface area contributed by atoms with Crippen molar-refractivity contribution in [2.75, 3.05) is 5.32 Å². The summed E-state index contributed by atoms with van der Waals surface area (Å²) in [5, 5.41) is 9.03. The van der Waals surface area contributed by atoms with Gasteiger partial charge in [0.05, 0.1) is 6.20 Å². The number of anilines is 1. The van der Waals surface area contributed by atoms with Gasteiger partial charge in [0.15, 0.2) is 0 Å². The molecule has 0 unspecified atom stereocenters. The molecule has 2 aromatic rings. The normalized spacial score (nSPS) is 10.1. The molecular formula is C10H10N4O2. The largest absolute Gasteiger partial charge is 0.318 e. The molecule has 16 heavy (non-hydrogen) atoms. The first-order valence-electron chi connectivity index (χ1n) is 4.67. The van der Waals surface area contributed by atoms with Gasteiger partial charge in [0.25, 0.3) is 5.91 Å². The molecule has 3 N–H and O–H groups in total. The summed E-state index contributed by atoms with van der Waals surface area (Å²) < 4.78 is 0. The van der Waals surface area contributed by atoms with Crippen LogP contribution in [0.25, 0.3) is 0 Å². The first kappa shape index (κ1) is 10.2. The zero-order valence-corrected chi connectivity index (χ0v) is 8.57. The van der Waals surface area contributed by atoms with Gasteiger partial charge in [0.1, 0.15) is 11.5 Å². The molecule has 0 bridgehead atoms. The van der Waals surface area contributed by atoms with E-state index < -0.39 is 0 Å². The van der Waals surface area contributed by atoms with Crippen molar-refractivity contribution in [3.8, 4) is 0 Å². The van der Waals surface area contributed by atoms with Crippen LogP contribution in [-0.2, 0) is 0 Å². The second-order valence-electron chi connectivity index (χ2n) is 3.31. The number of H-pyrrole nitrogens is 2. The molecule has 1 amide bonds. The summed E-state index contributed by atoms with van der Waals surface area (Å²) in [5.74, 6) is 0.139. The molecule has 0 aliphatic carbocycles. The maximum atomic E-state index is 11.7. The van der Waals surface area contributed by atoms with Crippen LogP contribution in [-0.4, -0.2) is 21.1 Å². The summed E-state index contributed by atoms with van der Waals surface area (Å²) in [6.07, 6.45) is 1.60. The molecule has 0 spiro atoms. The van der Waals surface area contributed by atoms with Gasteiger partial charge in [-0.05, 0) is 13.0 Å². The predicted octanol–water partition coefficient (Wildman–Crippen LogP) is 0.659. The van der Waals surface area contributed by atoms with Crippen LogP contribution in [0.4, 0.5) is 5.82 Å². The molecule has 82 valence electrons. The Labute approximate surface area is 90.7 Å². The summed E-state index contributed by atoms with van der Waals surface area (Å²) in [7, 11) is 0. The van der Waals surface area contributed by atoms with E-state index >= 15 is 0 Å². The molecule has 2 aromatic heterocycles. The number of amides is 1. The summed E-state index contributed by atoms with van der Waals surface area (Å²) in [4.78, 5) is 25.1. The van der Waals surface area contributed by atoms with Crippen molar-refractivity contribution in [2.45, 2.75) is 6.92 Å². The number of aromatic amines is 2. The van der Waals surface area contributed by atoms with Crippen LogP contribution in [0.2, 0.25) is 0 Å². The maximum absolute atomic E-state index is 11.7. The van der Waals surface area contributed by atoms with Gasteiger partial charge in [0.2, 0.25) is 5.56 Å². The van der Waals surface area contributed by atoms with Crippen LogP contribution in [0.1, 0.15) is 16.1 Å². The second-order valence-corrected chi connectivity index (χ2v) is 3.31. The van der Waals surface area contributed by atoms with Crippen molar-refractivity contribution < 1.29 is 4.79 Å². The molecule has 0 aliphatic heterocycles. The fraction of sp³-hybridized carbons (Fsp3) is 0.100. The summed E-state index contributed by atoms with van der Waals surface area (Å²) >= 11 is 0. The maximum Gasteiger partial charge on any atom is 0.273 e. The van der Waals surface area contributed by atoms with Crippen molar-refractivity contribution in [3.63, 3.8) is 0 Å². The van der Waals surface area contributed by atoms with Gasteiger partial charge in [0, 0.05) is 11.6 Å². The van der Waals surface area contributed by atoms with Crippen LogP contribution in [0.3, 0.4) is 0 Å². The molecule has 0 radical (unpaired) electrons. The highest BCUT2D eigenvalue weighted by Crippen LogP contribution is 2.09. The summed E-state index contributed by atoms with van der Waals surface area (Å²) in [6.45, 7) is 1.81. The number of nitrogens with zero attached hydrogens (tertiary/aromatic N) is 1. The number of nitrogens with one attached hydrogen (secondary N) is 3. The predicted molar refractivity (Wildman–Crippen MR) is 58.3 cm³/mol. The topological polar surface area (TPSA) is 90.6 Å². The Morgan fingerprint density at radius 1 is 1.44 bits per heavy atom. The quantitative estimate of drug-likeness (QED) is 0.691. The highest BCUT2D eigenvalue weighted by atomic mass is 16.2. The van der Waals surface area contributed by atoms with Crippen LogP contribution in [0.15, 0.2) is 29.2 Å². The van der Waals surface area contributed by atoms with Crippen molar-refractivity contribution in [1.82, 2.24) is 15.2 Å². The number of hydrogen-bond donors (Lipinski definition) is 3. The van der Waals surface area contributed by atoms with E-state index in [9.17, 15) is 9.59 Å². The molecular weight excluding hydrogens is 208 g/mol. The molecule has 0 saturated carbocycles. The van der Waals surface area contributed by atoms with E-state index in [1.165, 1.54) is 18.2 Å². The summed E-state index contributed by atoms with van der Waals surface area (Å²) in [6, 6.07) is 4.40. The average Bonchev–Trinajstić information content (AvgIpc) is 2.64. The van der Waals surface area contributed by atoms with E-state index in [2.05, 4.69) is 20.5 Å². The lowest BCUT2D eigenvalue weighted by atomic mass is 10.3. The molecule has 0 atom stereocenters. The Kier molecular flexibility index (Phi) is 2.55. The Hall–Kier alpha value is -2.37. The monoisotopic (exact) mass is 218 g/mol. The minimum absolute atomic E-state index is 0.210. The highest BCUT2D eigenvalue weighted by Gasteiger charge is 2.08. The minimum atomic E-state index is -0.384. The van der Waals surface area contributed by atoms with E-state index in [1.807, 2.05) is 6.92 Å². The van der Waals surface area contributed by atoms with Crippen LogP contribution in [0, 0.1) is 6.92 Å². The first-order valence-corrected chi connectivity index (χ1v) is 4.67. The zero-order valence-electron chi connectivity index (χ0n) is 8.57. The average molecular weight is 218 g/mol. The highest BCUT2D eigenvalue weighted by molar-refractivity contribution is 6.02. The number of pyridine rings is 1. The van der Waals surface area contributed by atoms with Gasteiger partial charge in [-0.3, -0.25) is 14.7 Å². The molecule has 6 nitrogen and oxygen atoms in total. The van der Waals surface area contributed by atoms with Crippen LogP contribution >= 0.6 is 0 Å². The van der Waals surface area contributed by atoms with Gasteiger partial charge < -0.3 is 10.3 Å². The van der Waals surface area contributed by atoms with Crippen molar-refractivity contribution >= 4 is 11.7 Å². The summed E-state index contributed by atoms with van der Waals surface area (Å²) in [5.41, 5.74) is 0.724. The third-order valence-electron chi connectivity index (χ3n) is 2.08. The van der Waals surface area contributed by atoms with Gasteiger partial charge in [-0.2, -0.15) is 5.10 Å². The zero-order chi connectivity index (χ0) is 11.5. The smallest absolute Gasteiger partial charge is 0.273 e. The minimum Gasteiger partial charge on any atom is -0.318 e. The molecule has 0 fully saturated rings.